The second-order valence-electron chi connectivity index (χ2n) is 7.38. The zero-order valence-corrected chi connectivity index (χ0v) is 14.1. The number of esters is 1. The van der Waals surface area contributed by atoms with Crippen molar-refractivity contribution in [1.82, 2.24) is 9.88 Å². The maximum absolute atomic E-state index is 13.9. The molecule has 1 aromatic heterocycles. The predicted molar refractivity (Wildman–Crippen MR) is 85.8 cm³/mol. The number of ether oxygens (including phenoxy) is 1. The maximum atomic E-state index is 13.9. The number of rotatable bonds is 2. The van der Waals surface area contributed by atoms with Gasteiger partial charge in [0.05, 0.1) is 12.6 Å². The number of halogens is 2. The molecule has 4 rings (SSSR count). The van der Waals surface area contributed by atoms with Gasteiger partial charge in [0.1, 0.15) is 23.4 Å². The summed E-state index contributed by atoms with van der Waals surface area (Å²) in [6.45, 7) is 4.55. The molecule has 132 valence electrons. The van der Waals surface area contributed by atoms with E-state index in [0.29, 0.717) is 6.54 Å². The normalized spacial score (nSPS) is 26.6. The van der Waals surface area contributed by atoms with E-state index < -0.39 is 29.6 Å². The number of carbonyl (C=O) groups excluding carboxylic acids is 2. The van der Waals surface area contributed by atoms with Crippen molar-refractivity contribution in [1.29, 1.82) is 0 Å². The average molecular weight is 348 g/mol. The minimum absolute atomic E-state index is 0.0163. The van der Waals surface area contributed by atoms with Gasteiger partial charge in [-0.05, 0) is 29.5 Å². The molecule has 2 aliphatic rings. The third-order valence-electron chi connectivity index (χ3n) is 5.83. The van der Waals surface area contributed by atoms with Gasteiger partial charge in [-0.1, -0.05) is 13.8 Å². The van der Waals surface area contributed by atoms with Crippen LogP contribution in [0.15, 0.2) is 18.2 Å². The van der Waals surface area contributed by atoms with Gasteiger partial charge in [0.15, 0.2) is 0 Å². The minimum Gasteiger partial charge on any atom is -0.467 e. The molecule has 1 aliphatic heterocycles. The van der Waals surface area contributed by atoms with E-state index in [9.17, 15) is 18.4 Å². The maximum Gasteiger partial charge on any atom is 0.328 e. The summed E-state index contributed by atoms with van der Waals surface area (Å²) in [7, 11) is 1.29. The summed E-state index contributed by atoms with van der Waals surface area (Å²) < 4.78 is 32.6. The molecule has 1 aromatic carbocycles. The fraction of sp³-hybridized carbons (Fsp3) is 0.444. The van der Waals surface area contributed by atoms with Crippen molar-refractivity contribution in [3.05, 3.63) is 35.5 Å². The van der Waals surface area contributed by atoms with Crippen LogP contribution in [-0.4, -0.2) is 41.5 Å². The number of carbonyl (C=O) groups is 2. The number of methoxy groups -OCH3 is 1. The van der Waals surface area contributed by atoms with Crippen LogP contribution >= 0.6 is 0 Å². The second-order valence-corrected chi connectivity index (χ2v) is 7.38. The highest BCUT2D eigenvalue weighted by Gasteiger charge is 2.69. The lowest BCUT2D eigenvalue weighted by Gasteiger charge is -2.28. The van der Waals surface area contributed by atoms with Crippen LogP contribution in [0.4, 0.5) is 8.78 Å². The van der Waals surface area contributed by atoms with E-state index in [1.54, 1.807) is 0 Å². The fourth-order valence-electron chi connectivity index (χ4n) is 4.31. The third kappa shape index (κ3) is 2.11. The van der Waals surface area contributed by atoms with Crippen LogP contribution in [0.5, 0.6) is 0 Å². The summed E-state index contributed by atoms with van der Waals surface area (Å²) in [6, 6.07) is 2.65. The number of H-pyrrole nitrogens is 1. The summed E-state index contributed by atoms with van der Waals surface area (Å²) in [5, 5.41) is 0.0163. The molecule has 0 radical (unpaired) electrons. The highest BCUT2D eigenvalue weighted by atomic mass is 19.1. The largest absolute Gasteiger partial charge is 0.467 e. The number of likely N-dealkylation sites (tertiary alicyclic amines) is 1. The molecule has 1 amide bonds. The highest BCUT2D eigenvalue weighted by Crippen LogP contribution is 2.65. The number of hydrogen-bond donors (Lipinski definition) is 1. The molecule has 7 heteroatoms. The Kier molecular flexibility index (Phi) is 3.23. The molecule has 25 heavy (non-hydrogen) atoms. The van der Waals surface area contributed by atoms with Gasteiger partial charge in [0.2, 0.25) is 0 Å². The number of nitrogens with zero attached hydrogens (tertiary/aromatic N) is 1. The van der Waals surface area contributed by atoms with Crippen LogP contribution in [0.3, 0.4) is 0 Å². The van der Waals surface area contributed by atoms with Crippen molar-refractivity contribution >= 4 is 22.8 Å². The van der Waals surface area contributed by atoms with Crippen LogP contribution in [-0.2, 0) is 9.53 Å². The summed E-state index contributed by atoms with van der Waals surface area (Å²) in [4.78, 5) is 29.2. The smallest absolute Gasteiger partial charge is 0.328 e. The minimum atomic E-state index is -0.668. The van der Waals surface area contributed by atoms with Crippen LogP contribution < -0.4 is 0 Å². The first-order valence-electron chi connectivity index (χ1n) is 8.13. The van der Waals surface area contributed by atoms with Crippen molar-refractivity contribution in [3.63, 3.8) is 0 Å². The molecule has 1 saturated heterocycles. The number of benzene rings is 1. The Balaban J connectivity index is 1.70. The van der Waals surface area contributed by atoms with E-state index >= 15 is 0 Å². The predicted octanol–water partition coefficient (Wildman–Crippen LogP) is 2.72. The van der Waals surface area contributed by atoms with Crippen molar-refractivity contribution in [2.24, 2.45) is 17.3 Å². The molecule has 0 spiro atoms. The molecule has 2 aromatic rings. The van der Waals surface area contributed by atoms with Crippen molar-refractivity contribution in [2.75, 3.05) is 13.7 Å². The first kappa shape index (κ1) is 16.1. The molecule has 3 atom stereocenters. The number of nitrogens with one attached hydrogen (secondary N) is 1. The Hall–Kier alpha value is -2.44. The number of aromatic amines is 1. The Bertz CT molecular complexity index is 866. The van der Waals surface area contributed by atoms with Crippen LogP contribution in [0, 0.1) is 28.9 Å². The number of piperidine rings is 1. The van der Waals surface area contributed by atoms with Crippen LogP contribution in [0.25, 0.3) is 10.9 Å². The van der Waals surface area contributed by atoms with Crippen molar-refractivity contribution in [2.45, 2.75) is 19.9 Å². The Morgan fingerprint density at radius 3 is 2.60 bits per heavy atom. The molecule has 1 N–H and O–H groups in total. The van der Waals surface area contributed by atoms with Crippen molar-refractivity contribution < 1.29 is 23.1 Å². The highest BCUT2D eigenvalue weighted by molar-refractivity contribution is 6.00. The first-order valence-corrected chi connectivity index (χ1v) is 8.13. The molecular weight excluding hydrogens is 330 g/mol. The van der Waals surface area contributed by atoms with Gasteiger partial charge >= 0.3 is 5.97 Å². The lowest BCUT2D eigenvalue weighted by Crippen LogP contribution is -2.46. The quantitative estimate of drug-likeness (QED) is 0.849. The summed E-state index contributed by atoms with van der Waals surface area (Å²) >= 11 is 0. The molecule has 0 unspecified atom stereocenters. The van der Waals surface area contributed by atoms with Crippen LogP contribution in [0.2, 0.25) is 0 Å². The first-order chi connectivity index (χ1) is 11.8. The van der Waals surface area contributed by atoms with E-state index in [4.69, 9.17) is 4.74 Å². The van der Waals surface area contributed by atoms with E-state index in [2.05, 4.69) is 18.8 Å². The molecule has 2 fully saturated rings. The lowest BCUT2D eigenvalue weighted by molar-refractivity contribution is -0.146. The number of fused-ring (bicyclic) bond motifs is 2. The number of aromatic nitrogens is 1. The van der Waals surface area contributed by atoms with E-state index in [-0.39, 0.29) is 33.8 Å². The van der Waals surface area contributed by atoms with Gasteiger partial charge in [-0.2, -0.15) is 0 Å². The number of hydrogen-bond acceptors (Lipinski definition) is 3. The zero-order chi connectivity index (χ0) is 18.1. The third-order valence-corrected chi connectivity index (χ3v) is 5.83. The van der Waals surface area contributed by atoms with Gasteiger partial charge in [-0.3, -0.25) is 4.79 Å². The molecule has 2 heterocycles. The van der Waals surface area contributed by atoms with Gasteiger partial charge in [0, 0.05) is 17.8 Å². The van der Waals surface area contributed by atoms with E-state index in [1.165, 1.54) is 18.1 Å². The number of amides is 1. The van der Waals surface area contributed by atoms with Crippen LogP contribution in [0.1, 0.15) is 24.3 Å². The molecular formula is C18H18F2N2O3. The molecule has 5 nitrogen and oxygen atoms in total. The molecule has 0 bridgehead atoms. The van der Waals surface area contributed by atoms with Gasteiger partial charge in [0.25, 0.3) is 5.91 Å². The van der Waals surface area contributed by atoms with Gasteiger partial charge in [-0.15, -0.1) is 0 Å². The van der Waals surface area contributed by atoms with Crippen molar-refractivity contribution in [3.8, 4) is 0 Å². The molecule has 1 saturated carbocycles. The van der Waals surface area contributed by atoms with Gasteiger partial charge in [-0.25, -0.2) is 13.6 Å². The Labute approximate surface area is 142 Å². The standard InChI is InChI=1S/C18H18F2N2O3/c1-18(2)9-7-22(15(13(9)18)17(24)25-3)16(23)12-6-8-10(19)4-5-11(20)14(8)21-12/h4-6,9,13,15,21H,7H2,1-3H3/t9-,13-,15-/m0/s1. The SMILES string of the molecule is COC(=O)[C@@H]1[C@@H]2[C@H](CN1C(=O)c1cc3c(F)ccc(F)c3[nH]1)C2(C)C. The summed E-state index contributed by atoms with van der Waals surface area (Å²) in [5.41, 5.74) is -0.0106. The fourth-order valence-corrected chi connectivity index (χ4v) is 4.31. The molecule has 1 aliphatic carbocycles. The Morgan fingerprint density at radius 1 is 1.28 bits per heavy atom. The monoisotopic (exact) mass is 348 g/mol. The van der Waals surface area contributed by atoms with E-state index in [1.807, 2.05) is 0 Å². The van der Waals surface area contributed by atoms with Gasteiger partial charge < -0.3 is 14.6 Å². The lowest BCUT2D eigenvalue weighted by atomic mass is 10.0. The summed E-state index contributed by atoms with van der Waals surface area (Å²) in [5.74, 6) is -1.89. The Morgan fingerprint density at radius 2 is 1.96 bits per heavy atom. The topological polar surface area (TPSA) is 62.4 Å². The summed E-state index contributed by atoms with van der Waals surface area (Å²) in [6.07, 6.45) is 0. The second kappa shape index (κ2) is 5.03. The average Bonchev–Trinajstić information content (AvgIpc) is 3.00. The van der Waals surface area contributed by atoms with E-state index in [0.717, 1.165) is 12.1 Å². The zero-order valence-electron chi connectivity index (χ0n) is 14.1.